The summed E-state index contributed by atoms with van der Waals surface area (Å²) in [5, 5.41) is 2.92. The Morgan fingerprint density at radius 3 is 1.96 bits per heavy atom. The predicted molar refractivity (Wildman–Crippen MR) is 106 cm³/mol. The Labute approximate surface area is 159 Å². The first kappa shape index (κ1) is 18.3. The lowest BCUT2D eigenvalue weighted by atomic mass is 9.94. The predicted octanol–water partition coefficient (Wildman–Crippen LogP) is 4.18. The van der Waals surface area contributed by atoms with Gasteiger partial charge in [0.15, 0.2) is 5.11 Å². The summed E-state index contributed by atoms with van der Waals surface area (Å²) >= 11 is 5.48. The molecule has 0 atom stereocenters. The second-order valence-electron chi connectivity index (χ2n) is 6.46. The Kier molecular flexibility index (Phi) is 6.12. The molecule has 0 bridgehead atoms. The average molecular weight is 366 g/mol. The first-order chi connectivity index (χ1) is 12.7. The lowest BCUT2D eigenvalue weighted by molar-refractivity contribution is 0.0771. The van der Waals surface area contributed by atoms with E-state index in [2.05, 4.69) is 5.32 Å². The maximum atomic E-state index is 13.1. The van der Waals surface area contributed by atoms with E-state index in [9.17, 15) is 9.59 Å². The zero-order valence-corrected chi connectivity index (χ0v) is 15.4. The number of thiocarbonyl (C=S) groups is 1. The van der Waals surface area contributed by atoms with Crippen LogP contribution in [0.4, 0.5) is 0 Å². The molecule has 134 valence electrons. The largest absolute Gasteiger partial charge is 0.299 e. The lowest BCUT2D eigenvalue weighted by Gasteiger charge is -2.34. The van der Waals surface area contributed by atoms with E-state index >= 15 is 0 Å². The van der Waals surface area contributed by atoms with Crippen molar-refractivity contribution < 1.29 is 9.59 Å². The standard InChI is InChI=1S/C21H22N2O2S/c24-19(16-10-4-1-5-11-16)22-21(26)23(18-14-8-3-9-15-18)20(25)17-12-6-2-7-13-17/h1-2,4-7,10-13,18H,3,8-9,14-15H2,(H,22,24,26). The molecular formula is C21H22N2O2S. The Balaban J connectivity index is 1.81. The van der Waals surface area contributed by atoms with E-state index in [4.69, 9.17) is 12.2 Å². The van der Waals surface area contributed by atoms with Gasteiger partial charge in [-0.05, 0) is 49.3 Å². The van der Waals surface area contributed by atoms with Gasteiger partial charge in [-0.15, -0.1) is 0 Å². The molecule has 2 aromatic rings. The van der Waals surface area contributed by atoms with Gasteiger partial charge in [-0.25, -0.2) is 0 Å². The van der Waals surface area contributed by atoms with Gasteiger partial charge in [0.05, 0.1) is 0 Å². The van der Waals surface area contributed by atoms with Crippen molar-refractivity contribution >= 4 is 29.1 Å². The molecule has 0 radical (unpaired) electrons. The van der Waals surface area contributed by atoms with Crippen LogP contribution in [0.3, 0.4) is 0 Å². The number of nitrogens with zero attached hydrogens (tertiary/aromatic N) is 1. The van der Waals surface area contributed by atoms with Gasteiger partial charge < -0.3 is 0 Å². The summed E-state index contributed by atoms with van der Waals surface area (Å²) in [6.07, 6.45) is 5.11. The van der Waals surface area contributed by atoms with Crippen LogP contribution in [0.1, 0.15) is 52.8 Å². The van der Waals surface area contributed by atoms with Crippen molar-refractivity contribution in [3.05, 3.63) is 71.8 Å². The third-order valence-electron chi connectivity index (χ3n) is 4.65. The summed E-state index contributed by atoms with van der Waals surface area (Å²) in [5.74, 6) is -0.451. The molecule has 3 rings (SSSR count). The fourth-order valence-electron chi connectivity index (χ4n) is 3.30. The van der Waals surface area contributed by atoms with Crippen molar-refractivity contribution in [2.75, 3.05) is 0 Å². The molecule has 26 heavy (non-hydrogen) atoms. The van der Waals surface area contributed by atoms with Crippen molar-refractivity contribution in [1.29, 1.82) is 0 Å². The quantitative estimate of drug-likeness (QED) is 0.829. The summed E-state index contributed by atoms with van der Waals surface area (Å²) in [4.78, 5) is 27.2. The van der Waals surface area contributed by atoms with Gasteiger partial charge >= 0.3 is 0 Å². The molecular weight excluding hydrogens is 344 g/mol. The number of benzene rings is 2. The smallest absolute Gasteiger partial charge is 0.260 e. The van der Waals surface area contributed by atoms with Gasteiger partial charge in [0.25, 0.3) is 11.8 Å². The summed E-state index contributed by atoms with van der Waals surface area (Å²) in [5.41, 5.74) is 1.10. The molecule has 0 spiro atoms. The van der Waals surface area contributed by atoms with Gasteiger partial charge in [-0.1, -0.05) is 55.7 Å². The molecule has 0 aromatic heterocycles. The van der Waals surface area contributed by atoms with Crippen LogP contribution >= 0.6 is 12.2 Å². The minimum atomic E-state index is -0.294. The Morgan fingerprint density at radius 2 is 1.38 bits per heavy atom. The molecule has 2 amide bonds. The van der Waals surface area contributed by atoms with E-state index in [0.29, 0.717) is 11.1 Å². The SMILES string of the molecule is O=C(NC(=S)N(C(=O)c1ccccc1)C1CCCCC1)c1ccccc1. The molecule has 0 aliphatic heterocycles. The summed E-state index contributed by atoms with van der Waals surface area (Å²) < 4.78 is 0. The topological polar surface area (TPSA) is 49.4 Å². The average Bonchev–Trinajstić information content (AvgIpc) is 2.70. The number of rotatable bonds is 3. The van der Waals surface area contributed by atoms with Gasteiger partial charge in [0, 0.05) is 17.2 Å². The molecule has 4 nitrogen and oxygen atoms in total. The fraction of sp³-hybridized carbons (Fsp3) is 0.286. The Hall–Kier alpha value is -2.53. The second-order valence-corrected chi connectivity index (χ2v) is 6.85. The van der Waals surface area contributed by atoms with E-state index in [1.807, 2.05) is 24.3 Å². The van der Waals surface area contributed by atoms with E-state index in [1.54, 1.807) is 41.3 Å². The van der Waals surface area contributed by atoms with Gasteiger partial charge in [0.2, 0.25) is 0 Å². The van der Waals surface area contributed by atoms with Crippen molar-refractivity contribution in [1.82, 2.24) is 10.2 Å². The van der Waals surface area contributed by atoms with Crippen LogP contribution in [0.5, 0.6) is 0 Å². The third-order valence-corrected chi connectivity index (χ3v) is 4.95. The summed E-state index contributed by atoms with van der Waals surface area (Å²) in [6, 6.07) is 18.0. The van der Waals surface area contributed by atoms with Crippen molar-refractivity contribution in [3.63, 3.8) is 0 Å². The zero-order valence-electron chi connectivity index (χ0n) is 14.6. The van der Waals surface area contributed by atoms with Crippen molar-refractivity contribution in [3.8, 4) is 0 Å². The number of carbonyl (C=O) groups is 2. The van der Waals surface area contributed by atoms with Crippen LogP contribution in [0.15, 0.2) is 60.7 Å². The van der Waals surface area contributed by atoms with Gasteiger partial charge in [-0.2, -0.15) is 0 Å². The first-order valence-corrected chi connectivity index (χ1v) is 9.36. The van der Waals surface area contributed by atoms with Crippen LogP contribution < -0.4 is 5.32 Å². The maximum absolute atomic E-state index is 13.1. The Morgan fingerprint density at radius 1 is 0.846 bits per heavy atom. The number of carbonyl (C=O) groups excluding carboxylic acids is 2. The highest BCUT2D eigenvalue weighted by Crippen LogP contribution is 2.24. The zero-order chi connectivity index (χ0) is 18.4. The molecule has 5 heteroatoms. The van der Waals surface area contributed by atoms with E-state index < -0.39 is 0 Å². The monoisotopic (exact) mass is 366 g/mol. The molecule has 1 N–H and O–H groups in total. The van der Waals surface area contributed by atoms with Crippen LogP contribution in [0.2, 0.25) is 0 Å². The lowest BCUT2D eigenvalue weighted by Crippen LogP contribution is -2.51. The number of amides is 2. The highest BCUT2D eigenvalue weighted by molar-refractivity contribution is 7.80. The molecule has 1 saturated carbocycles. The number of hydrogen-bond acceptors (Lipinski definition) is 3. The van der Waals surface area contributed by atoms with E-state index in [-0.39, 0.29) is 23.0 Å². The van der Waals surface area contributed by atoms with Crippen molar-refractivity contribution in [2.45, 2.75) is 38.1 Å². The minimum absolute atomic E-state index is 0.0278. The maximum Gasteiger partial charge on any atom is 0.260 e. The second kappa shape index (κ2) is 8.72. The molecule has 0 unspecified atom stereocenters. The molecule has 1 fully saturated rings. The summed E-state index contributed by atoms with van der Waals surface area (Å²) in [6.45, 7) is 0. The molecule has 0 saturated heterocycles. The van der Waals surface area contributed by atoms with Crippen LogP contribution in [-0.2, 0) is 0 Å². The highest BCUT2D eigenvalue weighted by atomic mass is 32.1. The van der Waals surface area contributed by atoms with E-state index in [0.717, 1.165) is 25.7 Å². The third kappa shape index (κ3) is 4.35. The van der Waals surface area contributed by atoms with Gasteiger partial charge in [0.1, 0.15) is 0 Å². The normalized spacial score (nSPS) is 14.5. The van der Waals surface area contributed by atoms with E-state index in [1.165, 1.54) is 6.42 Å². The first-order valence-electron chi connectivity index (χ1n) is 8.96. The molecule has 1 aliphatic rings. The number of hydrogen-bond donors (Lipinski definition) is 1. The van der Waals surface area contributed by atoms with Crippen molar-refractivity contribution in [2.24, 2.45) is 0 Å². The molecule has 1 aliphatic carbocycles. The van der Waals surface area contributed by atoms with Crippen LogP contribution in [0, 0.1) is 0 Å². The van der Waals surface area contributed by atoms with Crippen LogP contribution in [-0.4, -0.2) is 27.9 Å². The Bertz CT molecular complexity index is 771. The highest BCUT2D eigenvalue weighted by Gasteiger charge is 2.30. The molecule has 2 aromatic carbocycles. The fourth-order valence-corrected chi connectivity index (χ4v) is 3.63. The number of nitrogens with one attached hydrogen (secondary N) is 1. The summed E-state index contributed by atoms with van der Waals surface area (Å²) in [7, 11) is 0. The van der Waals surface area contributed by atoms with Crippen LogP contribution in [0.25, 0.3) is 0 Å². The van der Waals surface area contributed by atoms with Gasteiger partial charge in [-0.3, -0.25) is 19.8 Å². The minimum Gasteiger partial charge on any atom is -0.299 e. The molecule has 0 heterocycles.